The molecule has 1 amide bonds. The summed E-state index contributed by atoms with van der Waals surface area (Å²) in [5.74, 6) is -0.0835. The number of benzene rings is 2. The van der Waals surface area contributed by atoms with E-state index >= 15 is 0 Å². The summed E-state index contributed by atoms with van der Waals surface area (Å²) in [6, 6.07) is 21.0. The van der Waals surface area contributed by atoms with Crippen LogP contribution in [0.1, 0.15) is 23.4 Å². The van der Waals surface area contributed by atoms with Crippen LogP contribution in [0.3, 0.4) is 0 Å². The molecule has 0 saturated heterocycles. The standard InChI is InChI=1S/C20H19ClN2OS/c1-14(20(24)23-17-11-9-16(21)10-12-17)22-19(18-8-5-13-25-18)15-6-3-2-4-7-15/h2-14,19,22H,1H3,(H,23,24)/t14-,19-/m0/s1. The molecular formula is C20H19ClN2OS. The molecule has 0 radical (unpaired) electrons. The zero-order chi connectivity index (χ0) is 17.6. The van der Waals surface area contributed by atoms with E-state index in [1.54, 1.807) is 35.6 Å². The molecule has 1 heterocycles. The normalized spacial score (nSPS) is 13.2. The van der Waals surface area contributed by atoms with Crippen molar-refractivity contribution in [2.45, 2.75) is 19.0 Å². The fraction of sp³-hybridized carbons (Fsp3) is 0.150. The number of amides is 1. The van der Waals surface area contributed by atoms with E-state index < -0.39 is 0 Å². The first-order chi connectivity index (χ1) is 12.1. The van der Waals surface area contributed by atoms with Gasteiger partial charge in [0.05, 0.1) is 12.1 Å². The highest BCUT2D eigenvalue weighted by Crippen LogP contribution is 2.26. The van der Waals surface area contributed by atoms with Crippen LogP contribution in [0.15, 0.2) is 72.1 Å². The van der Waals surface area contributed by atoms with Gasteiger partial charge in [-0.3, -0.25) is 10.1 Å². The van der Waals surface area contributed by atoms with Gasteiger partial charge in [0.15, 0.2) is 0 Å². The van der Waals surface area contributed by atoms with Crippen molar-refractivity contribution in [3.8, 4) is 0 Å². The number of hydrogen-bond acceptors (Lipinski definition) is 3. The Hall–Kier alpha value is -2.14. The van der Waals surface area contributed by atoms with Gasteiger partial charge >= 0.3 is 0 Å². The molecule has 0 aliphatic carbocycles. The van der Waals surface area contributed by atoms with Crippen molar-refractivity contribution in [3.05, 3.63) is 87.6 Å². The van der Waals surface area contributed by atoms with E-state index in [1.807, 2.05) is 36.6 Å². The minimum atomic E-state index is -0.358. The number of hydrogen-bond donors (Lipinski definition) is 2. The molecule has 2 atom stereocenters. The summed E-state index contributed by atoms with van der Waals surface area (Å²) in [4.78, 5) is 13.7. The molecule has 0 aliphatic heterocycles. The minimum Gasteiger partial charge on any atom is -0.325 e. The van der Waals surface area contributed by atoms with Gasteiger partial charge in [0.1, 0.15) is 0 Å². The second-order valence-corrected chi connectivity index (χ2v) is 7.16. The third-order valence-electron chi connectivity index (χ3n) is 3.88. The summed E-state index contributed by atoms with van der Waals surface area (Å²) in [7, 11) is 0. The summed E-state index contributed by atoms with van der Waals surface area (Å²) in [5, 5.41) is 9.05. The zero-order valence-electron chi connectivity index (χ0n) is 13.8. The Morgan fingerprint density at radius 1 is 1.00 bits per heavy atom. The van der Waals surface area contributed by atoms with Gasteiger partial charge in [-0.15, -0.1) is 11.3 Å². The van der Waals surface area contributed by atoms with Crippen molar-refractivity contribution in [3.63, 3.8) is 0 Å². The molecule has 0 spiro atoms. The molecule has 0 aliphatic rings. The van der Waals surface area contributed by atoms with Gasteiger partial charge in [0.25, 0.3) is 0 Å². The number of rotatable bonds is 6. The summed E-state index contributed by atoms with van der Waals surface area (Å²) >= 11 is 7.56. The maximum absolute atomic E-state index is 12.5. The summed E-state index contributed by atoms with van der Waals surface area (Å²) in [5.41, 5.74) is 1.87. The van der Waals surface area contributed by atoms with Gasteiger partial charge in [-0.2, -0.15) is 0 Å². The van der Waals surface area contributed by atoms with E-state index in [1.165, 1.54) is 4.88 Å². The van der Waals surface area contributed by atoms with Crippen LogP contribution >= 0.6 is 22.9 Å². The number of carbonyl (C=O) groups is 1. The molecule has 5 heteroatoms. The molecule has 3 rings (SSSR count). The molecule has 2 aromatic carbocycles. The molecule has 0 unspecified atom stereocenters. The van der Waals surface area contributed by atoms with Crippen molar-refractivity contribution in [2.24, 2.45) is 0 Å². The Kier molecular flexibility index (Phi) is 5.87. The predicted molar refractivity (Wildman–Crippen MR) is 105 cm³/mol. The lowest BCUT2D eigenvalue weighted by molar-refractivity contribution is -0.117. The Morgan fingerprint density at radius 2 is 1.72 bits per heavy atom. The number of nitrogens with one attached hydrogen (secondary N) is 2. The third kappa shape index (κ3) is 4.69. The van der Waals surface area contributed by atoms with Crippen LogP contribution in [0.5, 0.6) is 0 Å². The number of halogens is 1. The van der Waals surface area contributed by atoms with Crippen LogP contribution < -0.4 is 10.6 Å². The Balaban J connectivity index is 1.72. The second-order valence-electron chi connectivity index (χ2n) is 5.74. The van der Waals surface area contributed by atoms with Crippen LogP contribution in [0, 0.1) is 0 Å². The molecule has 1 aromatic heterocycles. The Labute approximate surface area is 156 Å². The van der Waals surface area contributed by atoms with Gasteiger partial charge in [-0.1, -0.05) is 48.0 Å². The smallest absolute Gasteiger partial charge is 0.241 e. The molecule has 0 fully saturated rings. The lowest BCUT2D eigenvalue weighted by Crippen LogP contribution is -2.40. The van der Waals surface area contributed by atoms with E-state index in [-0.39, 0.29) is 18.0 Å². The average molecular weight is 371 g/mol. The van der Waals surface area contributed by atoms with Gasteiger partial charge < -0.3 is 5.32 Å². The highest BCUT2D eigenvalue weighted by molar-refractivity contribution is 7.10. The first kappa shape index (κ1) is 17.7. The lowest BCUT2D eigenvalue weighted by Gasteiger charge is -2.22. The molecular weight excluding hydrogens is 352 g/mol. The first-order valence-electron chi connectivity index (χ1n) is 8.04. The molecule has 3 nitrogen and oxygen atoms in total. The van der Waals surface area contributed by atoms with E-state index in [9.17, 15) is 4.79 Å². The minimum absolute atomic E-state index is 0.0211. The number of thiophene rings is 1. The summed E-state index contributed by atoms with van der Waals surface area (Å²) < 4.78 is 0. The lowest BCUT2D eigenvalue weighted by atomic mass is 10.0. The van der Waals surface area contributed by atoms with Crippen molar-refractivity contribution < 1.29 is 4.79 Å². The molecule has 0 bridgehead atoms. The SMILES string of the molecule is C[C@H](N[C@@H](c1ccccc1)c1cccs1)C(=O)Nc1ccc(Cl)cc1. The highest BCUT2D eigenvalue weighted by atomic mass is 35.5. The molecule has 128 valence electrons. The largest absolute Gasteiger partial charge is 0.325 e. The molecule has 3 aromatic rings. The fourth-order valence-corrected chi connectivity index (χ4v) is 3.49. The predicted octanol–water partition coefficient (Wildman–Crippen LogP) is 5.11. The first-order valence-corrected chi connectivity index (χ1v) is 9.30. The van der Waals surface area contributed by atoms with Crippen LogP contribution in [-0.4, -0.2) is 11.9 Å². The fourth-order valence-electron chi connectivity index (χ4n) is 2.55. The number of anilines is 1. The van der Waals surface area contributed by atoms with Crippen LogP contribution in [-0.2, 0) is 4.79 Å². The van der Waals surface area contributed by atoms with Crippen LogP contribution in [0.4, 0.5) is 5.69 Å². The average Bonchev–Trinajstić information content (AvgIpc) is 3.16. The Morgan fingerprint density at radius 3 is 2.36 bits per heavy atom. The maximum Gasteiger partial charge on any atom is 0.241 e. The third-order valence-corrected chi connectivity index (χ3v) is 5.07. The topological polar surface area (TPSA) is 41.1 Å². The van der Waals surface area contributed by atoms with Crippen molar-refractivity contribution in [1.82, 2.24) is 5.32 Å². The van der Waals surface area contributed by atoms with Crippen LogP contribution in [0.2, 0.25) is 5.02 Å². The molecule has 2 N–H and O–H groups in total. The van der Waals surface area contributed by atoms with Gasteiger partial charge in [-0.05, 0) is 48.2 Å². The summed E-state index contributed by atoms with van der Waals surface area (Å²) in [6.07, 6.45) is 0. The van der Waals surface area contributed by atoms with E-state index in [0.29, 0.717) is 5.02 Å². The van der Waals surface area contributed by atoms with Crippen molar-refractivity contribution >= 4 is 34.5 Å². The highest BCUT2D eigenvalue weighted by Gasteiger charge is 2.21. The molecule has 0 saturated carbocycles. The zero-order valence-corrected chi connectivity index (χ0v) is 15.3. The van der Waals surface area contributed by atoms with Crippen LogP contribution in [0.25, 0.3) is 0 Å². The van der Waals surface area contributed by atoms with Crippen molar-refractivity contribution in [1.29, 1.82) is 0 Å². The molecule has 25 heavy (non-hydrogen) atoms. The summed E-state index contributed by atoms with van der Waals surface area (Å²) in [6.45, 7) is 1.87. The maximum atomic E-state index is 12.5. The van der Waals surface area contributed by atoms with Gasteiger partial charge in [-0.25, -0.2) is 0 Å². The van der Waals surface area contributed by atoms with E-state index in [0.717, 1.165) is 11.3 Å². The van der Waals surface area contributed by atoms with E-state index in [4.69, 9.17) is 11.6 Å². The monoisotopic (exact) mass is 370 g/mol. The second kappa shape index (κ2) is 8.30. The van der Waals surface area contributed by atoms with Crippen molar-refractivity contribution in [2.75, 3.05) is 5.32 Å². The quantitative estimate of drug-likeness (QED) is 0.633. The van der Waals surface area contributed by atoms with E-state index in [2.05, 4.69) is 28.8 Å². The van der Waals surface area contributed by atoms with Gasteiger partial charge in [0.2, 0.25) is 5.91 Å². The Bertz CT molecular complexity index is 803. The number of carbonyl (C=O) groups excluding carboxylic acids is 1. The van der Waals surface area contributed by atoms with Gasteiger partial charge in [0, 0.05) is 15.6 Å².